The van der Waals surface area contributed by atoms with Gasteiger partial charge in [0.2, 0.25) is 11.8 Å². The summed E-state index contributed by atoms with van der Waals surface area (Å²) in [5, 5.41) is 15.5. The summed E-state index contributed by atoms with van der Waals surface area (Å²) >= 11 is 0. The minimum Gasteiger partial charge on any atom is -0.487 e. The van der Waals surface area contributed by atoms with Gasteiger partial charge in [-0.25, -0.2) is 4.39 Å². The van der Waals surface area contributed by atoms with Gasteiger partial charge < -0.3 is 30.1 Å². The van der Waals surface area contributed by atoms with Crippen molar-refractivity contribution in [3.05, 3.63) is 59.4 Å². The molecule has 0 radical (unpaired) electrons. The minimum absolute atomic E-state index is 0.0861. The number of amides is 2. The summed E-state index contributed by atoms with van der Waals surface area (Å²) in [6.07, 6.45) is -0.771. The van der Waals surface area contributed by atoms with Crippen molar-refractivity contribution >= 4 is 17.5 Å². The summed E-state index contributed by atoms with van der Waals surface area (Å²) in [5.74, 6) is -0.145. The Labute approximate surface area is 198 Å². The van der Waals surface area contributed by atoms with E-state index in [2.05, 4.69) is 10.6 Å². The first-order valence-electron chi connectivity index (χ1n) is 11.4. The fourth-order valence-corrected chi connectivity index (χ4v) is 4.57. The fourth-order valence-electron chi connectivity index (χ4n) is 4.57. The summed E-state index contributed by atoms with van der Waals surface area (Å²) in [7, 11) is 3.65. The molecule has 2 aliphatic rings. The van der Waals surface area contributed by atoms with Gasteiger partial charge in [0.25, 0.3) is 0 Å². The van der Waals surface area contributed by atoms with E-state index < -0.39 is 12.2 Å². The van der Waals surface area contributed by atoms with Gasteiger partial charge >= 0.3 is 0 Å². The molecule has 3 N–H and O–H groups in total. The molecule has 4 rings (SSSR count). The molecule has 8 nitrogen and oxygen atoms in total. The summed E-state index contributed by atoms with van der Waals surface area (Å²) in [4.78, 5) is 26.5. The Morgan fingerprint density at radius 2 is 1.97 bits per heavy atom. The second kappa shape index (κ2) is 10.5. The summed E-state index contributed by atoms with van der Waals surface area (Å²) in [6, 6.07) is 11.8. The van der Waals surface area contributed by atoms with Gasteiger partial charge in [0.15, 0.2) is 0 Å². The summed E-state index contributed by atoms with van der Waals surface area (Å²) < 4.78 is 25.9. The highest BCUT2D eigenvalue weighted by atomic mass is 19.1. The van der Waals surface area contributed by atoms with E-state index in [9.17, 15) is 19.1 Å². The van der Waals surface area contributed by atoms with Crippen molar-refractivity contribution in [1.29, 1.82) is 0 Å². The number of aliphatic hydroxyl groups is 1. The number of ether oxygens (including phenoxy) is 2. The number of aliphatic hydroxyl groups excluding tert-OH is 1. The highest BCUT2D eigenvalue weighted by Crippen LogP contribution is 2.47. The molecule has 0 saturated carbocycles. The van der Waals surface area contributed by atoms with Crippen molar-refractivity contribution in [2.75, 3.05) is 32.6 Å². The Balaban J connectivity index is 1.42. The van der Waals surface area contributed by atoms with Gasteiger partial charge in [-0.15, -0.1) is 0 Å². The molecule has 2 aromatic rings. The van der Waals surface area contributed by atoms with Gasteiger partial charge in [0, 0.05) is 29.3 Å². The van der Waals surface area contributed by atoms with Crippen molar-refractivity contribution in [3.8, 4) is 5.75 Å². The molecule has 9 heteroatoms. The highest BCUT2D eigenvalue weighted by Gasteiger charge is 2.46. The molecule has 2 amide bonds. The lowest BCUT2D eigenvalue weighted by atomic mass is 9.84. The maximum absolute atomic E-state index is 13.8. The Kier molecular flexibility index (Phi) is 7.45. The van der Waals surface area contributed by atoms with E-state index in [0.717, 1.165) is 5.56 Å². The second-order valence-corrected chi connectivity index (χ2v) is 9.01. The van der Waals surface area contributed by atoms with Crippen molar-refractivity contribution in [3.63, 3.8) is 0 Å². The third-order valence-corrected chi connectivity index (χ3v) is 6.09. The first-order chi connectivity index (χ1) is 16.3. The van der Waals surface area contributed by atoms with E-state index in [0.29, 0.717) is 23.4 Å². The number of hydrogen-bond donors (Lipinski definition) is 3. The van der Waals surface area contributed by atoms with E-state index in [4.69, 9.17) is 9.47 Å². The molecule has 0 spiro atoms. The van der Waals surface area contributed by atoms with Crippen LogP contribution in [0.4, 0.5) is 10.1 Å². The lowest BCUT2D eigenvalue weighted by molar-refractivity contribution is -0.142. The number of rotatable bonds is 8. The summed E-state index contributed by atoms with van der Waals surface area (Å²) in [6.45, 7) is 0.120. The maximum Gasteiger partial charge on any atom is 0.238 e. The van der Waals surface area contributed by atoms with Gasteiger partial charge in [-0.1, -0.05) is 18.2 Å². The zero-order chi connectivity index (χ0) is 24.2. The molecule has 2 aromatic carbocycles. The Morgan fingerprint density at radius 1 is 1.18 bits per heavy atom. The summed E-state index contributed by atoms with van der Waals surface area (Å²) in [5.41, 5.74) is 2.00. The Hall–Kier alpha value is -3.01. The lowest BCUT2D eigenvalue weighted by Crippen LogP contribution is -2.47. The molecule has 182 valence electrons. The number of anilines is 1. The van der Waals surface area contributed by atoms with Crippen LogP contribution in [0.3, 0.4) is 0 Å². The number of benzene rings is 2. The van der Waals surface area contributed by atoms with E-state index in [1.54, 1.807) is 29.2 Å². The molecular weight excluding hydrogens is 441 g/mol. The van der Waals surface area contributed by atoms with Crippen LogP contribution in [-0.4, -0.2) is 67.4 Å². The zero-order valence-corrected chi connectivity index (χ0v) is 19.3. The first-order valence-corrected chi connectivity index (χ1v) is 11.4. The van der Waals surface area contributed by atoms with Gasteiger partial charge in [-0.2, -0.15) is 0 Å². The third-order valence-electron chi connectivity index (χ3n) is 6.09. The number of nitrogens with one attached hydrogen (secondary N) is 2. The lowest BCUT2D eigenvalue weighted by Gasteiger charge is -2.37. The van der Waals surface area contributed by atoms with Gasteiger partial charge in [-0.05, 0) is 44.8 Å². The Morgan fingerprint density at radius 3 is 2.71 bits per heavy atom. The predicted octanol–water partition coefficient (Wildman–Crippen LogP) is 2.03. The van der Waals surface area contributed by atoms with Gasteiger partial charge in [-0.3, -0.25) is 9.59 Å². The van der Waals surface area contributed by atoms with Gasteiger partial charge in [0.1, 0.15) is 23.8 Å². The number of carbonyl (C=O) groups is 2. The van der Waals surface area contributed by atoms with Crippen LogP contribution >= 0.6 is 0 Å². The van der Waals surface area contributed by atoms with Crippen LogP contribution in [0.1, 0.15) is 29.9 Å². The average molecular weight is 472 g/mol. The molecule has 0 bridgehead atoms. The number of hydrogen-bond acceptors (Lipinski definition) is 6. The van der Waals surface area contributed by atoms with Crippen LogP contribution in [-0.2, 0) is 20.9 Å². The number of fused-ring (bicyclic) bond motifs is 3. The van der Waals surface area contributed by atoms with Crippen LogP contribution in [0.2, 0.25) is 0 Å². The largest absolute Gasteiger partial charge is 0.487 e. The number of likely N-dealkylation sites (N-methyl/N-ethyl adjacent to an activating group) is 1. The Bertz CT molecular complexity index is 1050. The van der Waals surface area contributed by atoms with Crippen molar-refractivity contribution in [2.45, 2.75) is 43.6 Å². The monoisotopic (exact) mass is 471 g/mol. The first kappa shape index (κ1) is 24.1. The minimum atomic E-state index is -0.581. The van der Waals surface area contributed by atoms with Crippen molar-refractivity contribution in [1.82, 2.24) is 10.2 Å². The normalized spacial score (nSPS) is 23.1. The smallest absolute Gasteiger partial charge is 0.238 e. The molecule has 1 fully saturated rings. The number of carbonyl (C=O) groups excluding carboxylic acids is 2. The fraction of sp³-hybridized carbons (Fsp3) is 0.440. The van der Waals surface area contributed by atoms with E-state index >= 15 is 0 Å². The van der Waals surface area contributed by atoms with E-state index in [1.165, 1.54) is 6.07 Å². The molecule has 0 unspecified atom stereocenters. The van der Waals surface area contributed by atoms with Crippen LogP contribution in [0, 0.1) is 5.82 Å². The topological polar surface area (TPSA) is 100 Å². The van der Waals surface area contributed by atoms with Crippen molar-refractivity contribution in [2.24, 2.45) is 0 Å². The molecule has 0 aromatic heterocycles. The maximum atomic E-state index is 13.8. The predicted molar refractivity (Wildman–Crippen MR) is 124 cm³/mol. The van der Waals surface area contributed by atoms with Crippen LogP contribution < -0.4 is 15.4 Å². The third kappa shape index (κ3) is 5.55. The van der Waals surface area contributed by atoms with Crippen LogP contribution in [0.5, 0.6) is 5.75 Å². The molecular formula is C25H30FN3O5. The molecule has 1 saturated heterocycles. The van der Waals surface area contributed by atoms with Crippen molar-refractivity contribution < 1.29 is 28.6 Å². The molecule has 0 aliphatic carbocycles. The van der Waals surface area contributed by atoms with Crippen LogP contribution in [0.15, 0.2) is 42.5 Å². The molecule has 4 atom stereocenters. The zero-order valence-electron chi connectivity index (χ0n) is 19.3. The molecule has 2 heterocycles. The number of nitrogens with zero attached hydrogens (tertiary/aromatic N) is 1. The standard InChI is InChI=1S/C25H30FN3O5/c1-29(2)13-24(32)28-16-7-8-21-18(9-16)19-10-17(33-22(14-30)25(19)34-21)11-23(31)27-12-15-5-3-4-6-20(15)26/h3-9,17,19,22,25,30H,10-14H2,1-2H3,(H,27,31)(H,28,32)/t17-,19-,22+,25+/m0/s1. The van der Waals surface area contributed by atoms with E-state index in [1.807, 2.05) is 26.2 Å². The highest BCUT2D eigenvalue weighted by molar-refractivity contribution is 5.92. The quantitative estimate of drug-likeness (QED) is 0.545. The number of halogens is 1. The van der Waals surface area contributed by atoms with Crippen LogP contribution in [0.25, 0.3) is 0 Å². The van der Waals surface area contributed by atoms with Gasteiger partial charge in [0.05, 0.1) is 25.7 Å². The SMILES string of the molecule is CN(C)CC(=O)Nc1ccc2c(c1)[C@@H]1C[C@@H](CC(=O)NCc3ccccc3F)O[C@H](CO)[C@@H]1O2. The molecule has 34 heavy (non-hydrogen) atoms. The molecule has 2 aliphatic heterocycles. The van der Waals surface area contributed by atoms with E-state index in [-0.39, 0.29) is 55.8 Å². The average Bonchev–Trinajstić information content (AvgIpc) is 3.15. The second-order valence-electron chi connectivity index (χ2n) is 9.01.